The van der Waals surface area contributed by atoms with E-state index in [1.807, 2.05) is 31.2 Å². The fourth-order valence-corrected chi connectivity index (χ4v) is 2.52. The van der Waals surface area contributed by atoms with E-state index < -0.39 is 0 Å². The predicted octanol–water partition coefficient (Wildman–Crippen LogP) is 4.17. The van der Waals surface area contributed by atoms with Gasteiger partial charge >= 0.3 is 0 Å². The Kier molecular flexibility index (Phi) is 5.59. The van der Waals surface area contributed by atoms with Gasteiger partial charge in [-0.05, 0) is 48.6 Å². The first kappa shape index (κ1) is 16.1. The highest BCUT2D eigenvalue weighted by Gasteiger charge is 2.09. The molecular weight excluding hydrogens is 272 g/mol. The standard InChI is InChI=1S/C19H24N2O/c1-4-15-9-7-10-16(5-2)19(15)21-18(22)13-20-17-11-6-8-14(3)12-17/h6-12,20H,4-5,13H2,1-3H3,(H,21,22). The zero-order chi connectivity index (χ0) is 15.9. The third-order valence-corrected chi connectivity index (χ3v) is 3.73. The molecule has 2 aromatic rings. The molecule has 0 saturated heterocycles. The largest absolute Gasteiger partial charge is 0.376 e. The van der Waals surface area contributed by atoms with Crippen LogP contribution in [0.2, 0.25) is 0 Å². The lowest BCUT2D eigenvalue weighted by atomic mass is 10.0. The van der Waals surface area contributed by atoms with Crippen LogP contribution in [-0.2, 0) is 17.6 Å². The van der Waals surface area contributed by atoms with E-state index in [1.165, 1.54) is 16.7 Å². The van der Waals surface area contributed by atoms with Gasteiger partial charge in [0.15, 0.2) is 0 Å². The van der Waals surface area contributed by atoms with Crippen LogP contribution in [0.25, 0.3) is 0 Å². The smallest absolute Gasteiger partial charge is 0.243 e. The van der Waals surface area contributed by atoms with Gasteiger partial charge in [-0.1, -0.05) is 44.2 Å². The van der Waals surface area contributed by atoms with E-state index >= 15 is 0 Å². The van der Waals surface area contributed by atoms with Crippen LogP contribution in [0.4, 0.5) is 11.4 Å². The lowest BCUT2D eigenvalue weighted by Gasteiger charge is -2.15. The lowest BCUT2D eigenvalue weighted by Crippen LogP contribution is -2.23. The van der Waals surface area contributed by atoms with Crippen molar-refractivity contribution in [2.45, 2.75) is 33.6 Å². The molecule has 2 N–H and O–H groups in total. The molecule has 0 aliphatic heterocycles. The van der Waals surface area contributed by atoms with Crippen molar-refractivity contribution in [1.82, 2.24) is 0 Å². The molecule has 0 saturated carbocycles. The molecule has 3 nitrogen and oxygen atoms in total. The van der Waals surface area contributed by atoms with E-state index in [2.05, 4.69) is 42.7 Å². The number of amides is 1. The van der Waals surface area contributed by atoms with Gasteiger partial charge in [0.25, 0.3) is 0 Å². The van der Waals surface area contributed by atoms with Gasteiger partial charge in [0.05, 0.1) is 6.54 Å². The number of hydrogen-bond donors (Lipinski definition) is 2. The summed E-state index contributed by atoms with van der Waals surface area (Å²) in [6.45, 7) is 6.52. The Morgan fingerprint density at radius 1 is 1.00 bits per heavy atom. The molecule has 2 aromatic carbocycles. The topological polar surface area (TPSA) is 41.1 Å². The summed E-state index contributed by atoms with van der Waals surface area (Å²) in [6, 6.07) is 14.2. The number of aryl methyl sites for hydroxylation is 3. The Bertz CT molecular complexity index is 627. The summed E-state index contributed by atoms with van der Waals surface area (Å²) < 4.78 is 0. The summed E-state index contributed by atoms with van der Waals surface area (Å²) in [5.41, 5.74) is 5.49. The third kappa shape index (κ3) is 4.10. The summed E-state index contributed by atoms with van der Waals surface area (Å²) in [6.07, 6.45) is 1.82. The molecule has 2 rings (SSSR count). The molecule has 0 atom stereocenters. The Morgan fingerprint density at radius 3 is 2.23 bits per heavy atom. The van der Waals surface area contributed by atoms with Gasteiger partial charge in [-0.2, -0.15) is 0 Å². The monoisotopic (exact) mass is 296 g/mol. The van der Waals surface area contributed by atoms with Crippen LogP contribution in [0.5, 0.6) is 0 Å². The van der Waals surface area contributed by atoms with Crippen molar-refractivity contribution in [2.24, 2.45) is 0 Å². The fourth-order valence-electron chi connectivity index (χ4n) is 2.52. The second kappa shape index (κ2) is 7.64. The number of anilines is 2. The Morgan fingerprint density at radius 2 is 1.64 bits per heavy atom. The van der Waals surface area contributed by atoms with Crippen molar-refractivity contribution in [2.75, 3.05) is 17.2 Å². The first-order chi connectivity index (χ1) is 10.6. The Hall–Kier alpha value is -2.29. The number of carbonyl (C=O) groups excluding carboxylic acids is 1. The number of nitrogens with one attached hydrogen (secondary N) is 2. The van der Waals surface area contributed by atoms with Crippen LogP contribution in [0, 0.1) is 6.92 Å². The first-order valence-electron chi connectivity index (χ1n) is 7.85. The van der Waals surface area contributed by atoms with Gasteiger partial charge in [-0.3, -0.25) is 4.79 Å². The molecule has 0 aromatic heterocycles. The van der Waals surface area contributed by atoms with Crippen molar-refractivity contribution >= 4 is 17.3 Å². The summed E-state index contributed by atoms with van der Waals surface area (Å²) in [4.78, 5) is 12.2. The number of benzene rings is 2. The molecule has 0 fully saturated rings. The van der Waals surface area contributed by atoms with Crippen LogP contribution in [0.3, 0.4) is 0 Å². The number of hydrogen-bond acceptors (Lipinski definition) is 2. The maximum absolute atomic E-state index is 12.2. The van der Waals surface area contributed by atoms with Gasteiger partial charge in [0.2, 0.25) is 5.91 Å². The van der Waals surface area contributed by atoms with Gasteiger partial charge in [0.1, 0.15) is 0 Å². The summed E-state index contributed by atoms with van der Waals surface area (Å²) in [7, 11) is 0. The molecule has 0 spiro atoms. The van der Waals surface area contributed by atoms with Crippen LogP contribution < -0.4 is 10.6 Å². The van der Waals surface area contributed by atoms with Crippen LogP contribution in [0.15, 0.2) is 42.5 Å². The van der Waals surface area contributed by atoms with Crippen molar-refractivity contribution in [1.29, 1.82) is 0 Å². The normalized spacial score (nSPS) is 10.3. The minimum atomic E-state index is -0.0166. The molecule has 116 valence electrons. The highest BCUT2D eigenvalue weighted by molar-refractivity contribution is 5.95. The van der Waals surface area contributed by atoms with E-state index in [-0.39, 0.29) is 12.5 Å². The fraction of sp³-hybridized carbons (Fsp3) is 0.316. The number of carbonyl (C=O) groups is 1. The van der Waals surface area contributed by atoms with Crippen molar-refractivity contribution in [3.63, 3.8) is 0 Å². The zero-order valence-corrected chi connectivity index (χ0v) is 13.6. The van der Waals surface area contributed by atoms with Crippen molar-refractivity contribution in [3.05, 3.63) is 59.2 Å². The van der Waals surface area contributed by atoms with Gasteiger partial charge in [0, 0.05) is 11.4 Å². The van der Waals surface area contributed by atoms with Gasteiger partial charge in [-0.25, -0.2) is 0 Å². The molecule has 0 aliphatic rings. The van der Waals surface area contributed by atoms with E-state index in [0.717, 1.165) is 24.2 Å². The molecule has 0 unspecified atom stereocenters. The van der Waals surface area contributed by atoms with Crippen LogP contribution in [-0.4, -0.2) is 12.5 Å². The highest BCUT2D eigenvalue weighted by Crippen LogP contribution is 2.22. The Labute approximate surface area is 132 Å². The quantitative estimate of drug-likeness (QED) is 0.840. The molecule has 0 radical (unpaired) electrons. The zero-order valence-electron chi connectivity index (χ0n) is 13.6. The van der Waals surface area contributed by atoms with E-state index in [9.17, 15) is 4.79 Å². The summed E-state index contributed by atoms with van der Waals surface area (Å²) in [5, 5.41) is 6.23. The number of rotatable bonds is 6. The van der Waals surface area contributed by atoms with Crippen molar-refractivity contribution < 1.29 is 4.79 Å². The minimum Gasteiger partial charge on any atom is -0.376 e. The van der Waals surface area contributed by atoms with Gasteiger partial charge < -0.3 is 10.6 Å². The molecule has 0 aliphatic carbocycles. The molecule has 0 heterocycles. The molecule has 3 heteroatoms. The molecule has 1 amide bonds. The van der Waals surface area contributed by atoms with Crippen molar-refractivity contribution in [3.8, 4) is 0 Å². The SMILES string of the molecule is CCc1cccc(CC)c1NC(=O)CNc1cccc(C)c1. The number of para-hydroxylation sites is 1. The third-order valence-electron chi connectivity index (χ3n) is 3.73. The van der Waals surface area contributed by atoms with E-state index in [4.69, 9.17) is 0 Å². The lowest BCUT2D eigenvalue weighted by molar-refractivity contribution is -0.114. The maximum Gasteiger partial charge on any atom is 0.243 e. The average molecular weight is 296 g/mol. The average Bonchev–Trinajstić information content (AvgIpc) is 2.53. The summed E-state index contributed by atoms with van der Waals surface area (Å²) in [5.74, 6) is -0.0166. The van der Waals surface area contributed by atoms with E-state index in [0.29, 0.717) is 0 Å². The van der Waals surface area contributed by atoms with Crippen LogP contribution in [0.1, 0.15) is 30.5 Å². The maximum atomic E-state index is 12.2. The Balaban J connectivity index is 2.03. The van der Waals surface area contributed by atoms with Gasteiger partial charge in [-0.15, -0.1) is 0 Å². The minimum absolute atomic E-state index is 0.0166. The summed E-state index contributed by atoms with van der Waals surface area (Å²) >= 11 is 0. The van der Waals surface area contributed by atoms with Crippen LogP contribution >= 0.6 is 0 Å². The first-order valence-corrected chi connectivity index (χ1v) is 7.85. The molecular formula is C19H24N2O. The highest BCUT2D eigenvalue weighted by atomic mass is 16.1. The molecule has 22 heavy (non-hydrogen) atoms. The van der Waals surface area contributed by atoms with E-state index in [1.54, 1.807) is 0 Å². The molecule has 0 bridgehead atoms. The second-order valence-electron chi connectivity index (χ2n) is 5.43. The second-order valence-corrected chi connectivity index (χ2v) is 5.43. The predicted molar refractivity (Wildman–Crippen MR) is 93.5 cm³/mol.